The molecule has 0 aliphatic rings. The molecule has 0 spiro atoms. The minimum atomic E-state index is -3.22. The molecule has 1 rings (SSSR count). The molecule has 1 aromatic heterocycles. The lowest BCUT2D eigenvalue weighted by Crippen LogP contribution is -2.35. The van der Waals surface area contributed by atoms with Crippen LogP contribution in [0.5, 0.6) is 0 Å². The Morgan fingerprint density at radius 2 is 2.06 bits per heavy atom. The van der Waals surface area contributed by atoms with Gasteiger partial charge < -0.3 is 9.32 Å². The third-order valence-electron chi connectivity index (χ3n) is 2.43. The molecule has 6 nitrogen and oxygen atoms in total. The fourth-order valence-corrected chi connectivity index (χ4v) is 2.01. The molecule has 0 bridgehead atoms. The Labute approximate surface area is 107 Å². The number of rotatable bonds is 5. The fraction of sp³-hybridized carbons (Fsp3) is 0.545. The summed E-state index contributed by atoms with van der Waals surface area (Å²) in [6.45, 7) is 3.99. The second kappa shape index (κ2) is 5.53. The Morgan fingerprint density at radius 3 is 2.50 bits per heavy atom. The molecule has 0 radical (unpaired) electrons. The van der Waals surface area contributed by atoms with Crippen LogP contribution in [0.15, 0.2) is 10.5 Å². The van der Waals surface area contributed by atoms with E-state index >= 15 is 0 Å². The molecule has 0 aliphatic heterocycles. The summed E-state index contributed by atoms with van der Waals surface area (Å²) < 4.78 is 29.4. The van der Waals surface area contributed by atoms with Crippen LogP contribution in [0.1, 0.15) is 21.9 Å². The molecule has 7 heteroatoms. The zero-order chi connectivity index (χ0) is 13.9. The Kier molecular flexibility index (Phi) is 4.53. The van der Waals surface area contributed by atoms with E-state index < -0.39 is 10.0 Å². The summed E-state index contributed by atoms with van der Waals surface area (Å²) in [5.74, 6) is 1.07. The molecular weight excluding hydrogens is 256 g/mol. The van der Waals surface area contributed by atoms with Crippen molar-refractivity contribution in [1.29, 1.82) is 0 Å². The molecule has 0 unspecified atom stereocenters. The quantitative estimate of drug-likeness (QED) is 0.848. The number of hydrogen-bond acceptors (Lipinski definition) is 4. The van der Waals surface area contributed by atoms with E-state index in [4.69, 9.17) is 4.42 Å². The van der Waals surface area contributed by atoms with Gasteiger partial charge in [-0.1, -0.05) is 0 Å². The van der Waals surface area contributed by atoms with Crippen molar-refractivity contribution in [3.63, 3.8) is 0 Å². The third-order valence-corrected chi connectivity index (χ3v) is 3.16. The van der Waals surface area contributed by atoms with Gasteiger partial charge in [-0.15, -0.1) is 0 Å². The number of nitrogens with one attached hydrogen (secondary N) is 1. The average molecular weight is 274 g/mol. The summed E-state index contributed by atoms with van der Waals surface area (Å²) in [6, 6.07) is 1.68. The van der Waals surface area contributed by atoms with Crippen molar-refractivity contribution in [2.75, 3.05) is 26.4 Å². The molecule has 0 saturated heterocycles. The fourth-order valence-electron chi connectivity index (χ4n) is 1.55. The van der Waals surface area contributed by atoms with Crippen LogP contribution in [0.3, 0.4) is 0 Å². The van der Waals surface area contributed by atoms with Gasteiger partial charge in [-0.25, -0.2) is 13.1 Å². The summed E-state index contributed by atoms with van der Waals surface area (Å²) >= 11 is 0. The van der Waals surface area contributed by atoms with Gasteiger partial charge in [-0.05, 0) is 19.9 Å². The van der Waals surface area contributed by atoms with Crippen molar-refractivity contribution in [2.24, 2.45) is 0 Å². The number of carbonyl (C=O) groups excluding carboxylic acids is 1. The van der Waals surface area contributed by atoms with Gasteiger partial charge in [-0.2, -0.15) is 0 Å². The first-order chi connectivity index (χ1) is 8.20. The molecule has 0 aliphatic carbocycles. The first-order valence-electron chi connectivity index (χ1n) is 5.48. The van der Waals surface area contributed by atoms with Gasteiger partial charge in [0.25, 0.3) is 5.91 Å². The van der Waals surface area contributed by atoms with Crippen LogP contribution in [0.25, 0.3) is 0 Å². The van der Waals surface area contributed by atoms with E-state index in [1.807, 2.05) is 0 Å². The van der Waals surface area contributed by atoms with Crippen LogP contribution in [0, 0.1) is 13.8 Å². The van der Waals surface area contributed by atoms with Gasteiger partial charge >= 0.3 is 0 Å². The number of amides is 1. The number of furan rings is 1. The minimum absolute atomic E-state index is 0.181. The molecule has 1 N–H and O–H groups in total. The molecule has 0 aromatic carbocycles. The molecule has 1 heterocycles. The van der Waals surface area contributed by atoms with E-state index in [0.717, 1.165) is 6.26 Å². The predicted molar refractivity (Wildman–Crippen MR) is 68.0 cm³/mol. The first kappa shape index (κ1) is 14.7. The van der Waals surface area contributed by atoms with Gasteiger partial charge in [0.15, 0.2) is 0 Å². The van der Waals surface area contributed by atoms with Crippen molar-refractivity contribution in [3.8, 4) is 0 Å². The van der Waals surface area contributed by atoms with E-state index in [2.05, 4.69) is 4.72 Å². The van der Waals surface area contributed by atoms with Crippen molar-refractivity contribution in [1.82, 2.24) is 9.62 Å². The van der Waals surface area contributed by atoms with Crippen LogP contribution in [-0.4, -0.2) is 45.6 Å². The SMILES string of the molecule is Cc1cc(C(=O)N(C)CCNS(C)(=O)=O)c(C)o1. The van der Waals surface area contributed by atoms with Crippen LogP contribution < -0.4 is 4.72 Å². The summed E-state index contributed by atoms with van der Waals surface area (Å²) in [6.07, 6.45) is 1.08. The number of nitrogens with zero attached hydrogens (tertiary/aromatic N) is 1. The molecule has 102 valence electrons. The molecular formula is C11H18N2O4S. The van der Waals surface area contributed by atoms with Gasteiger partial charge in [-0.3, -0.25) is 4.79 Å². The highest BCUT2D eigenvalue weighted by molar-refractivity contribution is 7.88. The van der Waals surface area contributed by atoms with Crippen molar-refractivity contribution >= 4 is 15.9 Å². The lowest BCUT2D eigenvalue weighted by molar-refractivity contribution is 0.0796. The normalized spacial score (nSPS) is 11.6. The second-order valence-corrected chi connectivity index (χ2v) is 6.05. The van der Waals surface area contributed by atoms with E-state index in [1.54, 1.807) is 27.0 Å². The lowest BCUT2D eigenvalue weighted by atomic mass is 10.2. The zero-order valence-corrected chi connectivity index (χ0v) is 11.8. The Hall–Kier alpha value is -1.34. The molecule has 18 heavy (non-hydrogen) atoms. The topological polar surface area (TPSA) is 79.6 Å². The number of sulfonamides is 1. The number of hydrogen-bond donors (Lipinski definition) is 1. The Balaban J connectivity index is 2.60. The van der Waals surface area contributed by atoms with Crippen LogP contribution in [-0.2, 0) is 10.0 Å². The van der Waals surface area contributed by atoms with Crippen molar-refractivity contribution in [3.05, 3.63) is 23.2 Å². The maximum Gasteiger partial charge on any atom is 0.257 e. The van der Waals surface area contributed by atoms with Gasteiger partial charge in [0.1, 0.15) is 11.5 Å². The van der Waals surface area contributed by atoms with Crippen molar-refractivity contribution in [2.45, 2.75) is 13.8 Å². The molecule has 1 aromatic rings. The van der Waals surface area contributed by atoms with Gasteiger partial charge in [0.2, 0.25) is 10.0 Å². The number of aryl methyl sites for hydroxylation is 2. The van der Waals surface area contributed by atoms with E-state index in [9.17, 15) is 13.2 Å². The van der Waals surface area contributed by atoms with Gasteiger partial charge in [0.05, 0.1) is 11.8 Å². The summed E-state index contributed by atoms with van der Waals surface area (Å²) in [5, 5.41) is 0. The molecule has 0 fully saturated rings. The highest BCUT2D eigenvalue weighted by Gasteiger charge is 2.17. The lowest BCUT2D eigenvalue weighted by Gasteiger charge is -2.16. The standard InChI is InChI=1S/C11H18N2O4S/c1-8-7-10(9(2)17-8)11(14)13(3)6-5-12-18(4,15)16/h7,12H,5-6H2,1-4H3. The predicted octanol–water partition coefficient (Wildman–Crippen LogP) is 0.518. The van der Waals surface area contributed by atoms with E-state index in [0.29, 0.717) is 23.6 Å². The van der Waals surface area contributed by atoms with Crippen LogP contribution >= 0.6 is 0 Å². The monoisotopic (exact) mass is 274 g/mol. The largest absolute Gasteiger partial charge is 0.466 e. The highest BCUT2D eigenvalue weighted by Crippen LogP contribution is 2.15. The average Bonchev–Trinajstić information content (AvgIpc) is 2.54. The Morgan fingerprint density at radius 1 is 1.44 bits per heavy atom. The van der Waals surface area contributed by atoms with Gasteiger partial charge in [0, 0.05) is 20.1 Å². The summed E-state index contributed by atoms with van der Waals surface area (Å²) in [4.78, 5) is 13.5. The highest BCUT2D eigenvalue weighted by atomic mass is 32.2. The summed E-state index contributed by atoms with van der Waals surface area (Å²) in [7, 11) is -1.60. The Bertz CT molecular complexity index is 533. The zero-order valence-electron chi connectivity index (χ0n) is 11.0. The minimum Gasteiger partial charge on any atom is -0.466 e. The number of carbonyl (C=O) groups is 1. The smallest absolute Gasteiger partial charge is 0.257 e. The third kappa shape index (κ3) is 4.15. The maximum atomic E-state index is 12.0. The first-order valence-corrected chi connectivity index (χ1v) is 7.37. The second-order valence-electron chi connectivity index (χ2n) is 4.22. The van der Waals surface area contributed by atoms with Crippen LogP contribution in [0.4, 0.5) is 0 Å². The maximum absolute atomic E-state index is 12.0. The molecule has 0 atom stereocenters. The molecule has 0 saturated carbocycles. The molecule has 1 amide bonds. The van der Waals surface area contributed by atoms with Crippen LogP contribution in [0.2, 0.25) is 0 Å². The van der Waals surface area contributed by atoms with Crippen molar-refractivity contribution < 1.29 is 17.6 Å². The van der Waals surface area contributed by atoms with E-state index in [1.165, 1.54) is 4.90 Å². The van der Waals surface area contributed by atoms with E-state index in [-0.39, 0.29) is 12.5 Å². The number of likely N-dealkylation sites (N-methyl/N-ethyl adjacent to an activating group) is 1. The summed E-state index contributed by atoms with van der Waals surface area (Å²) in [5.41, 5.74) is 0.509.